The molecule has 0 aromatic carbocycles. The highest BCUT2D eigenvalue weighted by molar-refractivity contribution is 7.70. The quantitative estimate of drug-likeness (QED) is 0.205. The molecule has 4 N–H and O–H groups in total. The zero-order valence-corrected chi connectivity index (χ0v) is 17.2. The van der Waals surface area contributed by atoms with Gasteiger partial charge >= 0.3 is 15.2 Å². The highest BCUT2D eigenvalue weighted by Crippen LogP contribution is 2.61. The average molecular weight is 402 g/mol. The Bertz CT molecular complexity index is 411. The Labute approximate surface area is 151 Å². The Morgan fingerprint density at radius 1 is 0.720 bits per heavy atom. The molecule has 0 aliphatic rings. The predicted octanol–water partition coefficient (Wildman–Crippen LogP) is 4.73. The third-order valence-electron chi connectivity index (χ3n) is 4.12. The molecule has 0 saturated carbocycles. The molecule has 0 aliphatic carbocycles. The van der Waals surface area contributed by atoms with E-state index < -0.39 is 20.8 Å². The fourth-order valence-corrected chi connectivity index (χ4v) is 4.82. The maximum Gasteiger partial charge on any atom is 0.368 e. The Kier molecular flexibility index (Phi) is 14.5. The summed E-state index contributed by atoms with van der Waals surface area (Å²) in [7, 11) is -9.75. The van der Waals surface area contributed by atoms with Crippen LogP contribution >= 0.6 is 15.2 Å². The van der Waals surface area contributed by atoms with Gasteiger partial charge in [0.2, 0.25) is 0 Å². The van der Waals surface area contributed by atoms with Crippen molar-refractivity contribution < 1.29 is 33.4 Å². The molecule has 152 valence electrons. The lowest BCUT2D eigenvalue weighted by molar-refractivity contribution is 0.186. The van der Waals surface area contributed by atoms with Gasteiger partial charge in [0.15, 0.2) is 0 Å². The lowest BCUT2D eigenvalue weighted by Gasteiger charge is -2.18. The number of aliphatic hydroxyl groups is 1. The Hall–Kier alpha value is 0.260. The number of hydrogen-bond acceptors (Lipinski definition) is 4. The first-order valence-corrected chi connectivity index (χ1v) is 12.7. The fourth-order valence-electron chi connectivity index (χ4n) is 2.57. The smallest absolute Gasteiger partial charge is 0.368 e. The van der Waals surface area contributed by atoms with Gasteiger partial charge < -0.3 is 24.3 Å². The number of rotatable bonds is 17. The zero-order valence-electron chi connectivity index (χ0n) is 15.4. The minimum absolute atomic E-state index is 0.0946. The molecule has 0 rings (SSSR count). The number of aliphatic hydroxyl groups excluding tert-OH is 1. The van der Waals surface area contributed by atoms with Crippen molar-refractivity contribution in [1.82, 2.24) is 0 Å². The van der Waals surface area contributed by atoms with Gasteiger partial charge in [-0.3, -0.25) is 9.13 Å². The molecule has 0 bridgehead atoms. The van der Waals surface area contributed by atoms with Gasteiger partial charge in [-0.2, -0.15) is 0 Å². The normalized spacial score (nSPS) is 15.9. The summed E-state index contributed by atoms with van der Waals surface area (Å²) in [6, 6.07) is 0. The summed E-state index contributed by atoms with van der Waals surface area (Å²) in [5.41, 5.74) is -2.66. The summed E-state index contributed by atoms with van der Waals surface area (Å²) in [6.07, 6.45) is 15.1. The summed E-state index contributed by atoms with van der Waals surface area (Å²) in [6.45, 7) is 2.13. The molecule has 0 radical (unpaired) electrons. The minimum atomic E-state index is -5.05. The molecule has 2 unspecified atom stereocenters. The summed E-state index contributed by atoms with van der Waals surface area (Å²) in [4.78, 5) is 26.7. The van der Waals surface area contributed by atoms with Crippen molar-refractivity contribution in [3.8, 4) is 0 Å². The van der Waals surface area contributed by atoms with Gasteiger partial charge in [-0.1, -0.05) is 84.0 Å². The van der Waals surface area contributed by atoms with Crippen LogP contribution in [-0.2, 0) is 13.7 Å². The van der Waals surface area contributed by atoms with E-state index in [1.807, 2.05) is 0 Å². The first-order valence-electron chi connectivity index (χ1n) is 9.42. The van der Waals surface area contributed by atoms with Gasteiger partial charge in [0, 0.05) is 0 Å². The molecule has 25 heavy (non-hydrogen) atoms. The molecule has 9 heteroatoms. The van der Waals surface area contributed by atoms with Gasteiger partial charge in [-0.05, 0) is 6.42 Å². The molecule has 0 spiro atoms. The zero-order chi connectivity index (χ0) is 19.2. The lowest BCUT2D eigenvalue weighted by atomic mass is 10.0. The molecule has 0 aromatic rings. The number of unbranched alkanes of at least 4 members (excludes halogenated alkanes) is 12. The molecule has 0 aliphatic heterocycles. The van der Waals surface area contributed by atoms with Gasteiger partial charge in [0.25, 0.3) is 5.59 Å². The minimum Gasteiger partial charge on any atom is -0.370 e. The highest BCUT2D eigenvalue weighted by Gasteiger charge is 2.44. The van der Waals surface area contributed by atoms with E-state index in [-0.39, 0.29) is 6.61 Å². The molecule has 7 nitrogen and oxygen atoms in total. The van der Waals surface area contributed by atoms with Crippen LogP contribution in [0.3, 0.4) is 0 Å². The molecular formula is C16H36O7P2. The SMILES string of the molecule is CCCCCCCCCCCCCCCOP(=O)(O)C(O)P(=O)(O)O. The van der Waals surface area contributed by atoms with Crippen LogP contribution in [0.1, 0.15) is 90.4 Å². The second-order valence-corrected chi connectivity index (χ2v) is 10.5. The Morgan fingerprint density at radius 3 is 1.44 bits per heavy atom. The third kappa shape index (κ3) is 14.0. The molecular weight excluding hydrogens is 366 g/mol. The highest BCUT2D eigenvalue weighted by atomic mass is 31.2. The maximum atomic E-state index is 11.5. The molecule has 2 atom stereocenters. The van der Waals surface area contributed by atoms with Crippen molar-refractivity contribution in [3.05, 3.63) is 0 Å². The second-order valence-electron chi connectivity index (χ2n) is 6.58. The van der Waals surface area contributed by atoms with E-state index in [0.717, 1.165) is 19.3 Å². The molecule has 0 aromatic heterocycles. The molecule has 0 heterocycles. The van der Waals surface area contributed by atoms with Crippen LogP contribution in [0, 0.1) is 0 Å². The summed E-state index contributed by atoms with van der Waals surface area (Å²) < 4.78 is 26.8. The lowest BCUT2D eigenvalue weighted by Crippen LogP contribution is -2.10. The van der Waals surface area contributed by atoms with E-state index in [0.29, 0.717) is 6.42 Å². The third-order valence-corrected chi connectivity index (χ3v) is 7.63. The van der Waals surface area contributed by atoms with E-state index in [2.05, 4.69) is 11.4 Å². The second kappa shape index (κ2) is 14.3. The van der Waals surface area contributed by atoms with E-state index >= 15 is 0 Å². The van der Waals surface area contributed by atoms with E-state index in [4.69, 9.17) is 14.9 Å². The van der Waals surface area contributed by atoms with Gasteiger partial charge in [-0.25, -0.2) is 0 Å². The summed E-state index contributed by atoms with van der Waals surface area (Å²) >= 11 is 0. The first kappa shape index (κ1) is 25.3. The summed E-state index contributed by atoms with van der Waals surface area (Å²) in [5.74, 6) is 0. The molecule has 0 fully saturated rings. The maximum absolute atomic E-state index is 11.5. The van der Waals surface area contributed by atoms with E-state index in [9.17, 15) is 14.0 Å². The van der Waals surface area contributed by atoms with Crippen LogP contribution in [0.5, 0.6) is 0 Å². The first-order chi connectivity index (χ1) is 11.7. The van der Waals surface area contributed by atoms with Crippen LogP contribution in [0.15, 0.2) is 0 Å². The van der Waals surface area contributed by atoms with Gasteiger partial charge in [-0.15, -0.1) is 0 Å². The van der Waals surface area contributed by atoms with Crippen LogP contribution in [-0.4, -0.2) is 32.0 Å². The van der Waals surface area contributed by atoms with Crippen LogP contribution in [0.4, 0.5) is 0 Å². The van der Waals surface area contributed by atoms with Crippen molar-refractivity contribution in [3.63, 3.8) is 0 Å². The van der Waals surface area contributed by atoms with Crippen molar-refractivity contribution in [2.45, 2.75) is 96.0 Å². The Morgan fingerprint density at radius 2 is 1.08 bits per heavy atom. The average Bonchev–Trinajstić information content (AvgIpc) is 2.53. The standard InChI is InChI=1S/C16H36O7P2/c1-2-3-4-5-6-7-8-9-10-11-12-13-14-15-23-25(21,22)16(17)24(18,19)20/h16-17H,2-15H2,1H3,(H,21,22)(H2,18,19,20). The number of hydrogen-bond donors (Lipinski definition) is 4. The monoisotopic (exact) mass is 402 g/mol. The van der Waals surface area contributed by atoms with Gasteiger partial charge in [0.1, 0.15) is 0 Å². The van der Waals surface area contributed by atoms with E-state index in [1.54, 1.807) is 0 Å². The summed E-state index contributed by atoms with van der Waals surface area (Å²) in [5, 5.41) is 9.12. The van der Waals surface area contributed by atoms with Crippen molar-refractivity contribution >= 4 is 15.2 Å². The van der Waals surface area contributed by atoms with Crippen LogP contribution in [0.2, 0.25) is 0 Å². The van der Waals surface area contributed by atoms with Crippen molar-refractivity contribution in [2.75, 3.05) is 6.61 Å². The van der Waals surface area contributed by atoms with Crippen LogP contribution in [0.25, 0.3) is 0 Å². The Balaban J connectivity index is 3.45. The van der Waals surface area contributed by atoms with Crippen LogP contribution < -0.4 is 0 Å². The fraction of sp³-hybridized carbons (Fsp3) is 1.00. The molecule has 0 saturated heterocycles. The van der Waals surface area contributed by atoms with Gasteiger partial charge in [0.05, 0.1) is 6.61 Å². The largest absolute Gasteiger partial charge is 0.370 e. The predicted molar refractivity (Wildman–Crippen MR) is 99.5 cm³/mol. The molecule has 0 amide bonds. The topological polar surface area (TPSA) is 124 Å². The van der Waals surface area contributed by atoms with E-state index in [1.165, 1.54) is 57.8 Å². The van der Waals surface area contributed by atoms with Crippen molar-refractivity contribution in [1.29, 1.82) is 0 Å². The van der Waals surface area contributed by atoms with Crippen molar-refractivity contribution in [2.24, 2.45) is 0 Å².